The van der Waals surface area contributed by atoms with E-state index in [-0.39, 0.29) is 4.75 Å². The number of aliphatic imine (C=N–C) groups is 1. The molecule has 1 heterocycles. The average Bonchev–Trinajstić information content (AvgIpc) is 2.62. The molecule has 0 amide bonds. The maximum Gasteiger partial charge on any atom is 0.193 e. The fraction of sp³-hybridized carbons (Fsp3) is 0.632. The monoisotopic (exact) mass is 346 g/mol. The van der Waals surface area contributed by atoms with Gasteiger partial charge in [0.1, 0.15) is 0 Å². The van der Waals surface area contributed by atoms with Crippen LogP contribution in [0.2, 0.25) is 0 Å². The normalized spacial score (nSPS) is 21.3. The lowest BCUT2D eigenvalue weighted by Gasteiger charge is -2.38. The van der Waals surface area contributed by atoms with Gasteiger partial charge in [0.05, 0.1) is 6.54 Å². The van der Waals surface area contributed by atoms with Crippen LogP contribution < -0.4 is 11.1 Å². The van der Waals surface area contributed by atoms with Crippen molar-refractivity contribution in [3.05, 3.63) is 29.3 Å². The first-order chi connectivity index (χ1) is 11.6. The number of nitrogens with two attached hydrogens (primary N) is 1. The predicted molar refractivity (Wildman–Crippen MR) is 106 cm³/mol. The number of piperidine rings is 1. The highest BCUT2D eigenvalue weighted by atomic mass is 32.2. The number of hydrogen-bond acceptors (Lipinski definition) is 3. The van der Waals surface area contributed by atoms with Gasteiger partial charge >= 0.3 is 0 Å². The molecule has 0 atom stereocenters. The average molecular weight is 347 g/mol. The Labute approximate surface area is 150 Å². The standard InChI is InChI=1S/C19H30N4S/c1-23-12-10-19(24-2,11-13-23)14-21-18(20)22-17-9-5-7-15-6-3-4-8-16(15)17/h5,7,9H,3-4,6,8,10-14H2,1-2H3,(H3,20,21,22). The highest BCUT2D eigenvalue weighted by molar-refractivity contribution is 8.00. The lowest BCUT2D eigenvalue weighted by molar-refractivity contribution is 0.242. The smallest absolute Gasteiger partial charge is 0.193 e. The second-order valence-corrected chi connectivity index (χ2v) is 8.44. The summed E-state index contributed by atoms with van der Waals surface area (Å²) < 4.78 is 0.245. The van der Waals surface area contributed by atoms with E-state index in [1.54, 1.807) is 0 Å². The number of benzene rings is 1. The number of anilines is 1. The van der Waals surface area contributed by atoms with Gasteiger partial charge in [0.25, 0.3) is 0 Å². The number of aryl methyl sites for hydroxylation is 1. The maximum absolute atomic E-state index is 6.22. The molecule has 4 nitrogen and oxygen atoms in total. The molecule has 2 aliphatic rings. The van der Waals surface area contributed by atoms with Gasteiger partial charge in [-0.15, -0.1) is 0 Å². The third-order valence-electron chi connectivity index (χ3n) is 5.53. The van der Waals surface area contributed by atoms with Gasteiger partial charge in [-0.3, -0.25) is 4.99 Å². The van der Waals surface area contributed by atoms with E-state index in [0.29, 0.717) is 5.96 Å². The number of thioether (sulfide) groups is 1. The SMILES string of the molecule is CSC1(CN=C(N)Nc2cccc3c2CCCC3)CCN(C)CC1. The number of guanidine groups is 1. The number of nitrogens with zero attached hydrogens (tertiary/aromatic N) is 2. The van der Waals surface area contributed by atoms with Crippen molar-refractivity contribution in [1.82, 2.24) is 4.90 Å². The lowest BCUT2D eigenvalue weighted by atomic mass is 9.90. The maximum atomic E-state index is 6.22. The Hall–Kier alpha value is -1.20. The van der Waals surface area contributed by atoms with Gasteiger partial charge < -0.3 is 16.0 Å². The van der Waals surface area contributed by atoms with E-state index in [4.69, 9.17) is 10.7 Å². The number of fused-ring (bicyclic) bond motifs is 1. The minimum Gasteiger partial charge on any atom is -0.370 e. The van der Waals surface area contributed by atoms with Crippen molar-refractivity contribution in [3.8, 4) is 0 Å². The second kappa shape index (κ2) is 7.79. The highest BCUT2D eigenvalue weighted by Gasteiger charge is 2.32. The topological polar surface area (TPSA) is 53.6 Å². The van der Waals surface area contributed by atoms with E-state index >= 15 is 0 Å². The molecule has 1 aliphatic carbocycles. The van der Waals surface area contributed by atoms with Crippen LogP contribution in [0.1, 0.15) is 36.8 Å². The van der Waals surface area contributed by atoms with Crippen molar-refractivity contribution in [2.75, 3.05) is 38.3 Å². The van der Waals surface area contributed by atoms with E-state index in [9.17, 15) is 0 Å². The van der Waals surface area contributed by atoms with Gasteiger partial charge in [-0.2, -0.15) is 11.8 Å². The summed E-state index contributed by atoms with van der Waals surface area (Å²) in [5.41, 5.74) is 10.3. The minimum atomic E-state index is 0.245. The Morgan fingerprint density at radius 1 is 1.29 bits per heavy atom. The zero-order valence-electron chi connectivity index (χ0n) is 15.0. The summed E-state index contributed by atoms with van der Waals surface area (Å²) in [5.74, 6) is 0.557. The summed E-state index contributed by atoms with van der Waals surface area (Å²) in [4.78, 5) is 7.10. The van der Waals surface area contributed by atoms with Gasteiger partial charge in [-0.05, 0) is 82.1 Å². The van der Waals surface area contributed by atoms with Crippen LogP contribution in [0.4, 0.5) is 5.69 Å². The van der Waals surface area contributed by atoms with Crippen LogP contribution in [0.5, 0.6) is 0 Å². The van der Waals surface area contributed by atoms with Crippen LogP contribution >= 0.6 is 11.8 Å². The molecule has 0 aromatic heterocycles. The Bertz CT molecular complexity index is 591. The Balaban J connectivity index is 1.66. The summed E-state index contributed by atoms with van der Waals surface area (Å²) >= 11 is 1.95. The van der Waals surface area contributed by atoms with Crippen LogP contribution in [0.15, 0.2) is 23.2 Å². The molecule has 0 saturated carbocycles. The number of likely N-dealkylation sites (tertiary alicyclic amines) is 1. The summed E-state index contributed by atoms with van der Waals surface area (Å²) in [6.07, 6.45) is 9.47. The third kappa shape index (κ3) is 4.06. The van der Waals surface area contributed by atoms with Gasteiger partial charge in [0.15, 0.2) is 5.96 Å². The Morgan fingerprint density at radius 2 is 2.04 bits per heavy atom. The molecule has 0 bridgehead atoms. The van der Waals surface area contributed by atoms with Crippen molar-refractivity contribution in [3.63, 3.8) is 0 Å². The fourth-order valence-electron chi connectivity index (χ4n) is 3.76. The molecular weight excluding hydrogens is 316 g/mol. The highest BCUT2D eigenvalue weighted by Crippen LogP contribution is 2.34. The van der Waals surface area contributed by atoms with Crippen LogP contribution in [0.25, 0.3) is 0 Å². The number of rotatable bonds is 4. The van der Waals surface area contributed by atoms with E-state index in [1.165, 1.54) is 43.2 Å². The molecule has 3 N–H and O–H groups in total. The van der Waals surface area contributed by atoms with Crippen LogP contribution in [-0.2, 0) is 12.8 Å². The summed E-state index contributed by atoms with van der Waals surface area (Å²) in [6, 6.07) is 6.50. The number of nitrogens with one attached hydrogen (secondary N) is 1. The molecule has 24 heavy (non-hydrogen) atoms. The predicted octanol–water partition coefficient (Wildman–Crippen LogP) is 3.12. The van der Waals surface area contributed by atoms with Crippen LogP contribution in [-0.4, -0.2) is 48.5 Å². The van der Waals surface area contributed by atoms with Gasteiger partial charge in [0.2, 0.25) is 0 Å². The largest absolute Gasteiger partial charge is 0.370 e. The molecule has 0 unspecified atom stereocenters. The minimum absolute atomic E-state index is 0.245. The summed E-state index contributed by atoms with van der Waals surface area (Å²) in [6.45, 7) is 3.10. The molecular formula is C19H30N4S. The fourth-order valence-corrected chi connectivity index (χ4v) is 4.54. The zero-order valence-corrected chi connectivity index (χ0v) is 15.8. The summed E-state index contributed by atoms with van der Waals surface area (Å²) in [7, 11) is 2.20. The lowest BCUT2D eigenvalue weighted by Crippen LogP contribution is -2.43. The van der Waals surface area contributed by atoms with Crippen LogP contribution in [0.3, 0.4) is 0 Å². The van der Waals surface area contributed by atoms with Crippen molar-refractivity contribution < 1.29 is 0 Å². The van der Waals surface area contributed by atoms with Crippen molar-refractivity contribution in [1.29, 1.82) is 0 Å². The molecule has 5 heteroatoms. The van der Waals surface area contributed by atoms with E-state index in [0.717, 1.165) is 31.7 Å². The van der Waals surface area contributed by atoms with Crippen LogP contribution in [0, 0.1) is 0 Å². The Kier molecular flexibility index (Phi) is 5.72. The molecule has 1 aromatic rings. The van der Waals surface area contributed by atoms with Crippen molar-refractivity contribution >= 4 is 23.4 Å². The third-order valence-corrected chi connectivity index (χ3v) is 6.93. The zero-order chi connectivity index (χ0) is 17.0. The van der Waals surface area contributed by atoms with Crippen molar-refractivity contribution in [2.45, 2.75) is 43.3 Å². The first-order valence-corrected chi connectivity index (χ1v) is 10.3. The second-order valence-electron chi connectivity index (χ2n) is 7.17. The first kappa shape index (κ1) is 17.6. The molecule has 0 radical (unpaired) electrons. The first-order valence-electron chi connectivity index (χ1n) is 9.03. The van der Waals surface area contributed by atoms with Gasteiger partial charge in [-0.25, -0.2) is 0 Å². The molecule has 1 aromatic carbocycles. The molecule has 132 valence electrons. The van der Waals surface area contributed by atoms with Gasteiger partial charge in [0, 0.05) is 10.4 Å². The van der Waals surface area contributed by atoms with E-state index in [1.807, 2.05) is 11.8 Å². The van der Waals surface area contributed by atoms with Crippen molar-refractivity contribution in [2.24, 2.45) is 10.7 Å². The summed E-state index contributed by atoms with van der Waals surface area (Å²) in [5, 5.41) is 3.37. The molecule has 1 saturated heterocycles. The van der Waals surface area contributed by atoms with Gasteiger partial charge in [-0.1, -0.05) is 12.1 Å². The number of hydrogen-bond donors (Lipinski definition) is 2. The van der Waals surface area contributed by atoms with E-state index < -0.39 is 0 Å². The van der Waals surface area contributed by atoms with E-state index in [2.05, 4.69) is 41.7 Å². The molecule has 1 aliphatic heterocycles. The molecule has 3 rings (SSSR count). The Morgan fingerprint density at radius 3 is 2.79 bits per heavy atom. The molecule has 1 fully saturated rings. The molecule has 0 spiro atoms. The quantitative estimate of drug-likeness (QED) is 0.650.